The van der Waals surface area contributed by atoms with E-state index in [1.807, 2.05) is 72.7 Å². The van der Waals surface area contributed by atoms with Crippen molar-refractivity contribution in [3.05, 3.63) is 95.9 Å². The Labute approximate surface area is 157 Å². The van der Waals surface area contributed by atoms with Crippen LogP contribution in [0.5, 0.6) is 0 Å². The number of amides is 1. The van der Waals surface area contributed by atoms with Crippen LogP contribution in [0.25, 0.3) is 10.9 Å². The lowest BCUT2D eigenvalue weighted by atomic mass is 10.1. The fourth-order valence-electron chi connectivity index (χ4n) is 3.19. The molecule has 0 unspecified atom stereocenters. The van der Waals surface area contributed by atoms with E-state index in [-0.39, 0.29) is 5.91 Å². The van der Waals surface area contributed by atoms with Crippen LogP contribution in [-0.4, -0.2) is 32.6 Å². The normalized spacial score (nSPS) is 10.9. The summed E-state index contributed by atoms with van der Waals surface area (Å²) >= 11 is 0. The van der Waals surface area contributed by atoms with Crippen molar-refractivity contribution >= 4 is 16.8 Å². The maximum Gasteiger partial charge on any atom is 0.254 e. The summed E-state index contributed by atoms with van der Waals surface area (Å²) in [6.07, 6.45) is 5.54. The van der Waals surface area contributed by atoms with Crippen molar-refractivity contribution in [1.82, 2.24) is 19.7 Å². The van der Waals surface area contributed by atoms with Crippen LogP contribution in [0.2, 0.25) is 0 Å². The van der Waals surface area contributed by atoms with E-state index in [1.165, 1.54) is 5.56 Å². The first kappa shape index (κ1) is 17.0. The van der Waals surface area contributed by atoms with E-state index >= 15 is 0 Å². The van der Waals surface area contributed by atoms with Gasteiger partial charge in [0.05, 0.1) is 18.3 Å². The van der Waals surface area contributed by atoms with Gasteiger partial charge in [0.2, 0.25) is 0 Å². The molecular formula is C22H20N4O. The smallest absolute Gasteiger partial charge is 0.254 e. The minimum Gasteiger partial charge on any atom is -0.337 e. The van der Waals surface area contributed by atoms with Gasteiger partial charge in [-0.3, -0.25) is 14.5 Å². The Kier molecular flexibility index (Phi) is 4.66. The zero-order chi connectivity index (χ0) is 18.6. The second kappa shape index (κ2) is 7.41. The molecule has 1 amide bonds. The van der Waals surface area contributed by atoms with E-state index in [4.69, 9.17) is 0 Å². The van der Waals surface area contributed by atoms with Crippen molar-refractivity contribution in [2.24, 2.45) is 0 Å². The first-order valence-electron chi connectivity index (χ1n) is 8.85. The predicted molar refractivity (Wildman–Crippen MR) is 105 cm³/mol. The number of rotatable bonds is 5. The van der Waals surface area contributed by atoms with Gasteiger partial charge < -0.3 is 4.90 Å². The van der Waals surface area contributed by atoms with Crippen LogP contribution < -0.4 is 0 Å². The second-order valence-electron chi connectivity index (χ2n) is 6.57. The maximum absolute atomic E-state index is 12.9. The molecule has 4 rings (SSSR count). The lowest BCUT2D eigenvalue weighted by Crippen LogP contribution is -2.26. The number of carbonyl (C=O) groups excluding carboxylic acids is 1. The molecule has 0 saturated carbocycles. The molecule has 0 spiro atoms. The number of hydrogen-bond acceptors (Lipinski definition) is 3. The molecular weight excluding hydrogens is 336 g/mol. The molecule has 2 aromatic carbocycles. The van der Waals surface area contributed by atoms with E-state index in [1.54, 1.807) is 11.1 Å². The summed E-state index contributed by atoms with van der Waals surface area (Å²) in [6, 6.07) is 19.6. The average Bonchev–Trinajstić information content (AvgIpc) is 3.14. The molecule has 0 atom stereocenters. The van der Waals surface area contributed by atoms with Gasteiger partial charge in [-0.05, 0) is 23.8 Å². The van der Waals surface area contributed by atoms with Gasteiger partial charge in [-0.2, -0.15) is 5.10 Å². The SMILES string of the molecule is CN(Cc1cnn(Cc2ccccc2)c1)C(=O)c1cccc2ncccc12. The Morgan fingerprint density at radius 1 is 1.00 bits per heavy atom. The summed E-state index contributed by atoms with van der Waals surface area (Å²) in [5.74, 6) is -0.0237. The van der Waals surface area contributed by atoms with Crippen molar-refractivity contribution < 1.29 is 4.79 Å². The van der Waals surface area contributed by atoms with Crippen LogP contribution in [0.3, 0.4) is 0 Å². The summed E-state index contributed by atoms with van der Waals surface area (Å²) in [7, 11) is 1.81. The summed E-state index contributed by atoms with van der Waals surface area (Å²) < 4.78 is 1.89. The van der Waals surface area contributed by atoms with E-state index in [0.717, 1.165) is 16.5 Å². The molecule has 5 heteroatoms. The second-order valence-corrected chi connectivity index (χ2v) is 6.57. The molecule has 0 fully saturated rings. The van der Waals surface area contributed by atoms with Gasteiger partial charge >= 0.3 is 0 Å². The number of benzene rings is 2. The third-order valence-electron chi connectivity index (χ3n) is 4.52. The predicted octanol–water partition coefficient (Wildman–Crippen LogP) is 3.75. The highest BCUT2D eigenvalue weighted by Gasteiger charge is 2.15. The molecule has 0 radical (unpaired) electrons. The lowest BCUT2D eigenvalue weighted by Gasteiger charge is -2.17. The Balaban J connectivity index is 1.49. The van der Waals surface area contributed by atoms with Crippen molar-refractivity contribution in [3.8, 4) is 0 Å². The molecule has 0 aliphatic rings. The molecule has 4 aromatic rings. The van der Waals surface area contributed by atoms with E-state index in [0.29, 0.717) is 18.7 Å². The number of carbonyl (C=O) groups is 1. The highest BCUT2D eigenvalue weighted by Crippen LogP contribution is 2.18. The standard InChI is InChI=1S/C22H20N4O/c1-25(22(27)20-9-5-11-21-19(20)10-6-12-23-21)14-18-13-24-26(16-18)15-17-7-3-2-4-8-17/h2-13,16H,14-15H2,1H3. The van der Waals surface area contributed by atoms with Crippen LogP contribution in [-0.2, 0) is 13.1 Å². The number of hydrogen-bond donors (Lipinski definition) is 0. The van der Waals surface area contributed by atoms with Gasteiger partial charge in [0.25, 0.3) is 5.91 Å². The third kappa shape index (κ3) is 3.72. The van der Waals surface area contributed by atoms with Gasteiger partial charge in [-0.25, -0.2) is 0 Å². The molecule has 0 N–H and O–H groups in total. The quantitative estimate of drug-likeness (QED) is 0.547. The molecule has 2 heterocycles. The average molecular weight is 356 g/mol. The molecule has 0 aliphatic heterocycles. The van der Waals surface area contributed by atoms with E-state index < -0.39 is 0 Å². The van der Waals surface area contributed by atoms with Crippen molar-refractivity contribution in [2.45, 2.75) is 13.1 Å². The molecule has 27 heavy (non-hydrogen) atoms. The summed E-state index contributed by atoms with van der Waals surface area (Å²) in [6.45, 7) is 1.22. The van der Waals surface area contributed by atoms with Crippen molar-refractivity contribution in [3.63, 3.8) is 0 Å². The van der Waals surface area contributed by atoms with Gasteiger partial charge in [-0.15, -0.1) is 0 Å². The zero-order valence-corrected chi connectivity index (χ0v) is 15.1. The Morgan fingerprint density at radius 3 is 2.70 bits per heavy atom. The zero-order valence-electron chi connectivity index (χ0n) is 15.1. The third-order valence-corrected chi connectivity index (χ3v) is 4.52. The van der Waals surface area contributed by atoms with Crippen LogP contribution in [0.1, 0.15) is 21.5 Å². The van der Waals surface area contributed by atoms with Gasteiger partial charge in [0.15, 0.2) is 0 Å². The topological polar surface area (TPSA) is 51.0 Å². The molecule has 0 aliphatic carbocycles. The van der Waals surface area contributed by atoms with Crippen LogP contribution >= 0.6 is 0 Å². The van der Waals surface area contributed by atoms with Crippen molar-refractivity contribution in [2.75, 3.05) is 7.05 Å². The fraction of sp³-hybridized carbons (Fsp3) is 0.136. The molecule has 0 bridgehead atoms. The highest BCUT2D eigenvalue weighted by molar-refractivity contribution is 6.05. The monoisotopic (exact) mass is 356 g/mol. The maximum atomic E-state index is 12.9. The Hall–Kier alpha value is -3.47. The first-order chi connectivity index (χ1) is 13.2. The fourth-order valence-corrected chi connectivity index (χ4v) is 3.19. The van der Waals surface area contributed by atoms with Crippen LogP contribution in [0.4, 0.5) is 0 Å². The number of nitrogens with zero attached hydrogens (tertiary/aromatic N) is 4. The van der Waals surface area contributed by atoms with Crippen LogP contribution in [0, 0.1) is 0 Å². The Bertz CT molecular complexity index is 1070. The number of aromatic nitrogens is 3. The summed E-state index contributed by atoms with van der Waals surface area (Å²) in [4.78, 5) is 19.0. The first-order valence-corrected chi connectivity index (χ1v) is 8.85. The molecule has 2 aromatic heterocycles. The molecule has 5 nitrogen and oxygen atoms in total. The summed E-state index contributed by atoms with van der Waals surface area (Å²) in [5, 5.41) is 5.29. The molecule has 134 valence electrons. The number of fused-ring (bicyclic) bond motifs is 1. The van der Waals surface area contributed by atoms with E-state index in [2.05, 4.69) is 22.2 Å². The Morgan fingerprint density at radius 2 is 1.85 bits per heavy atom. The largest absolute Gasteiger partial charge is 0.337 e. The molecule has 0 saturated heterocycles. The summed E-state index contributed by atoms with van der Waals surface area (Å²) in [5.41, 5.74) is 3.69. The van der Waals surface area contributed by atoms with Gasteiger partial charge in [0.1, 0.15) is 0 Å². The van der Waals surface area contributed by atoms with Crippen molar-refractivity contribution in [1.29, 1.82) is 0 Å². The number of pyridine rings is 1. The minimum absolute atomic E-state index is 0.0237. The highest BCUT2D eigenvalue weighted by atomic mass is 16.2. The van der Waals surface area contributed by atoms with Gasteiger partial charge in [0, 0.05) is 42.5 Å². The lowest BCUT2D eigenvalue weighted by molar-refractivity contribution is 0.0787. The van der Waals surface area contributed by atoms with E-state index in [9.17, 15) is 4.79 Å². The minimum atomic E-state index is -0.0237. The van der Waals surface area contributed by atoms with Gasteiger partial charge in [-0.1, -0.05) is 42.5 Å². The van der Waals surface area contributed by atoms with Crippen LogP contribution in [0.15, 0.2) is 79.3 Å².